The molecule has 0 aromatic carbocycles. The Labute approximate surface area is 59.7 Å². The molecule has 0 spiro atoms. The fourth-order valence-electron chi connectivity index (χ4n) is 1.73. The smallest absolute Gasteiger partial charge is 0.323 e. The standard InChI is InChI=1S/C7H11NO2/c1-10-7(9)6-5-2-4(5)3-8-6/h4-6,8H,2-3H2,1H3. The van der Waals surface area contributed by atoms with Crippen molar-refractivity contribution in [1.82, 2.24) is 5.32 Å². The fraction of sp³-hybridized carbons (Fsp3) is 0.857. The molecule has 0 amide bonds. The van der Waals surface area contributed by atoms with Crippen molar-refractivity contribution < 1.29 is 9.53 Å². The second-order valence-electron chi connectivity index (χ2n) is 3.07. The van der Waals surface area contributed by atoms with E-state index >= 15 is 0 Å². The van der Waals surface area contributed by atoms with Gasteiger partial charge in [0.05, 0.1) is 7.11 Å². The van der Waals surface area contributed by atoms with Crippen LogP contribution in [0.4, 0.5) is 0 Å². The molecule has 1 N–H and O–H groups in total. The second-order valence-corrected chi connectivity index (χ2v) is 3.07. The third kappa shape index (κ3) is 0.736. The maximum Gasteiger partial charge on any atom is 0.323 e. The van der Waals surface area contributed by atoms with Crippen LogP contribution < -0.4 is 5.32 Å². The highest BCUT2D eigenvalue weighted by molar-refractivity contribution is 5.77. The number of fused-ring (bicyclic) bond motifs is 1. The Bertz CT molecular complexity index is 169. The van der Waals surface area contributed by atoms with Crippen molar-refractivity contribution in [3.63, 3.8) is 0 Å². The van der Waals surface area contributed by atoms with Crippen LogP contribution in [0.5, 0.6) is 0 Å². The van der Waals surface area contributed by atoms with Gasteiger partial charge in [-0.3, -0.25) is 4.79 Å². The van der Waals surface area contributed by atoms with Gasteiger partial charge >= 0.3 is 5.97 Å². The second kappa shape index (κ2) is 1.95. The van der Waals surface area contributed by atoms with Crippen molar-refractivity contribution in [2.45, 2.75) is 12.5 Å². The van der Waals surface area contributed by atoms with E-state index in [0.717, 1.165) is 12.5 Å². The molecular weight excluding hydrogens is 130 g/mol. The quantitative estimate of drug-likeness (QED) is 0.512. The van der Waals surface area contributed by atoms with E-state index in [1.807, 2.05) is 0 Å². The molecule has 3 heteroatoms. The molecule has 3 nitrogen and oxygen atoms in total. The van der Waals surface area contributed by atoms with Crippen LogP contribution in [0.25, 0.3) is 0 Å². The van der Waals surface area contributed by atoms with Gasteiger partial charge in [0.1, 0.15) is 6.04 Å². The molecule has 0 radical (unpaired) electrons. The lowest BCUT2D eigenvalue weighted by molar-refractivity contribution is -0.143. The Morgan fingerprint density at radius 2 is 2.50 bits per heavy atom. The maximum atomic E-state index is 11.0. The van der Waals surface area contributed by atoms with E-state index in [9.17, 15) is 4.79 Å². The fourth-order valence-corrected chi connectivity index (χ4v) is 1.73. The first-order valence-corrected chi connectivity index (χ1v) is 3.64. The van der Waals surface area contributed by atoms with Gasteiger partial charge in [0.25, 0.3) is 0 Å². The molecule has 3 atom stereocenters. The largest absolute Gasteiger partial charge is 0.468 e. The SMILES string of the molecule is COC(=O)C1NCC2CC21. The molecule has 0 aromatic heterocycles. The summed E-state index contributed by atoms with van der Waals surface area (Å²) in [6, 6.07) is 0.00926. The highest BCUT2D eigenvalue weighted by Crippen LogP contribution is 2.45. The summed E-state index contributed by atoms with van der Waals surface area (Å²) in [7, 11) is 1.44. The van der Waals surface area contributed by atoms with Crippen molar-refractivity contribution in [3.05, 3.63) is 0 Å². The van der Waals surface area contributed by atoms with Crippen LogP contribution in [0, 0.1) is 11.8 Å². The van der Waals surface area contributed by atoms with Crippen LogP contribution in [0.3, 0.4) is 0 Å². The molecule has 3 unspecified atom stereocenters. The van der Waals surface area contributed by atoms with Crippen molar-refractivity contribution in [2.24, 2.45) is 11.8 Å². The third-order valence-corrected chi connectivity index (χ3v) is 2.46. The molecule has 2 fully saturated rings. The molecule has 1 aliphatic heterocycles. The Balaban J connectivity index is 1.98. The van der Waals surface area contributed by atoms with E-state index in [2.05, 4.69) is 10.1 Å². The number of rotatable bonds is 1. The minimum Gasteiger partial charge on any atom is -0.468 e. The van der Waals surface area contributed by atoms with Crippen LogP contribution in [0.1, 0.15) is 6.42 Å². The highest BCUT2D eigenvalue weighted by Gasteiger charge is 2.51. The number of nitrogens with one attached hydrogen (secondary N) is 1. The zero-order chi connectivity index (χ0) is 7.14. The van der Waals surface area contributed by atoms with Crippen molar-refractivity contribution in [1.29, 1.82) is 0 Å². The molecule has 56 valence electrons. The molecule has 1 heterocycles. The molecule has 1 aliphatic carbocycles. The lowest BCUT2D eigenvalue weighted by Gasteiger charge is -2.08. The van der Waals surface area contributed by atoms with Gasteiger partial charge in [0.2, 0.25) is 0 Å². The number of methoxy groups -OCH3 is 1. The van der Waals surface area contributed by atoms with Gasteiger partial charge in [-0.2, -0.15) is 0 Å². The average molecular weight is 141 g/mol. The monoisotopic (exact) mass is 141 g/mol. The highest BCUT2D eigenvalue weighted by atomic mass is 16.5. The van der Waals surface area contributed by atoms with Crippen molar-refractivity contribution in [2.75, 3.05) is 13.7 Å². The van der Waals surface area contributed by atoms with E-state index in [-0.39, 0.29) is 12.0 Å². The first-order chi connectivity index (χ1) is 4.83. The van der Waals surface area contributed by atoms with Gasteiger partial charge in [-0.05, 0) is 24.8 Å². The first kappa shape index (κ1) is 6.16. The van der Waals surface area contributed by atoms with Gasteiger partial charge in [-0.1, -0.05) is 0 Å². The number of hydrogen-bond acceptors (Lipinski definition) is 3. The Morgan fingerprint density at radius 1 is 1.70 bits per heavy atom. The van der Waals surface area contributed by atoms with E-state index in [1.165, 1.54) is 13.5 Å². The average Bonchev–Trinajstić information content (AvgIpc) is 2.62. The maximum absolute atomic E-state index is 11.0. The number of ether oxygens (including phenoxy) is 1. The van der Waals surface area contributed by atoms with Crippen molar-refractivity contribution >= 4 is 5.97 Å². The predicted octanol–water partition coefficient (Wildman–Crippen LogP) is -0.233. The summed E-state index contributed by atoms with van der Waals surface area (Å²) in [5.41, 5.74) is 0. The number of hydrogen-bond donors (Lipinski definition) is 1. The molecular formula is C7H11NO2. The number of carbonyl (C=O) groups excluding carboxylic acids is 1. The van der Waals surface area contributed by atoms with Gasteiger partial charge in [0.15, 0.2) is 0 Å². The molecule has 10 heavy (non-hydrogen) atoms. The molecule has 2 aliphatic rings. The minimum absolute atomic E-state index is 0.00926. The molecule has 1 saturated heterocycles. The van der Waals surface area contributed by atoms with E-state index < -0.39 is 0 Å². The lowest BCUT2D eigenvalue weighted by Crippen LogP contribution is -2.35. The van der Waals surface area contributed by atoms with Crippen LogP contribution in [0.2, 0.25) is 0 Å². The zero-order valence-corrected chi connectivity index (χ0v) is 5.96. The van der Waals surface area contributed by atoms with Crippen LogP contribution in [-0.2, 0) is 9.53 Å². The Kier molecular flexibility index (Phi) is 1.20. The summed E-state index contributed by atoms with van der Waals surface area (Å²) in [6.45, 7) is 1.00. The molecule has 0 aromatic rings. The Hall–Kier alpha value is -0.570. The predicted molar refractivity (Wildman–Crippen MR) is 35.4 cm³/mol. The molecule has 0 bridgehead atoms. The lowest BCUT2D eigenvalue weighted by atomic mass is 10.2. The summed E-state index contributed by atoms with van der Waals surface area (Å²) < 4.78 is 4.63. The summed E-state index contributed by atoms with van der Waals surface area (Å²) in [4.78, 5) is 11.0. The van der Waals surface area contributed by atoms with E-state index in [4.69, 9.17) is 0 Å². The molecule has 2 rings (SSSR count). The van der Waals surface area contributed by atoms with Gasteiger partial charge in [0, 0.05) is 0 Å². The third-order valence-electron chi connectivity index (χ3n) is 2.46. The first-order valence-electron chi connectivity index (χ1n) is 3.64. The van der Waals surface area contributed by atoms with Gasteiger partial charge in [-0.15, -0.1) is 0 Å². The van der Waals surface area contributed by atoms with E-state index in [1.54, 1.807) is 0 Å². The minimum atomic E-state index is -0.0926. The summed E-state index contributed by atoms with van der Waals surface area (Å²) >= 11 is 0. The van der Waals surface area contributed by atoms with Crippen LogP contribution in [-0.4, -0.2) is 25.7 Å². The summed E-state index contributed by atoms with van der Waals surface area (Å²) in [5.74, 6) is 1.27. The zero-order valence-electron chi connectivity index (χ0n) is 5.96. The van der Waals surface area contributed by atoms with Crippen molar-refractivity contribution in [3.8, 4) is 0 Å². The van der Waals surface area contributed by atoms with Gasteiger partial charge < -0.3 is 10.1 Å². The molecule has 1 saturated carbocycles. The topological polar surface area (TPSA) is 38.3 Å². The van der Waals surface area contributed by atoms with E-state index in [0.29, 0.717) is 5.92 Å². The Morgan fingerprint density at radius 3 is 2.90 bits per heavy atom. The number of esters is 1. The van der Waals surface area contributed by atoms with Gasteiger partial charge in [-0.25, -0.2) is 0 Å². The normalized spacial score (nSPS) is 42.7. The summed E-state index contributed by atoms with van der Waals surface area (Å²) in [5, 5.41) is 3.13. The van der Waals surface area contributed by atoms with Crippen LogP contribution >= 0.6 is 0 Å². The number of carbonyl (C=O) groups is 1. The van der Waals surface area contributed by atoms with Crippen LogP contribution in [0.15, 0.2) is 0 Å². The number of piperidine rings is 1. The summed E-state index contributed by atoms with van der Waals surface area (Å²) in [6.07, 6.45) is 1.22.